The number of aryl methyl sites for hydroxylation is 1. The van der Waals surface area contributed by atoms with Gasteiger partial charge in [0.05, 0.1) is 6.54 Å². The van der Waals surface area contributed by atoms with E-state index in [2.05, 4.69) is 5.32 Å². The van der Waals surface area contributed by atoms with Gasteiger partial charge in [-0.05, 0) is 36.4 Å². The molecule has 0 spiro atoms. The minimum atomic E-state index is -1.06. The highest BCUT2D eigenvalue weighted by Crippen LogP contribution is 2.24. The van der Waals surface area contributed by atoms with Crippen molar-refractivity contribution in [1.82, 2.24) is 5.32 Å². The van der Waals surface area contributed by atoms with Crippen LogP contribution in [0.3, 0.4) is 0 Å². The third-order valence-electron chi connectivity index (χ3n) is 3.39. The Morgan fingerprint density at radius 1 is 1.32 bits per heavy atom. The SMILES string of the molecule is CCc1ccccc1OCC(=O)NCC(C)(O)c1cccs1. The second-order valence-electron chi connectivity index (χ2n) is 5.28. The van der Waals surface area contributed by atoms with E-state index in [9.17, 15) is 9.90 Å². The maximum atomic E-state index is 11.9. The zero-order valence-electron chi connectivity index (χ0n) is 12.8. The van der Waals surface area contributed by atoms with E-state index >= 15 is 0 Å². The summed E-state index contributed by atoms with van der Waals surface area (Å²) in [7, 11) is 0. The number of benzene rings is 1. The third-order valence-corrected chi connectivity index (χ3v) is 4.52. The fourth-order valence-electron chi connectivity index (χ4n) is 2.07. The highest BCUT2D eigenvalue weighted by molar-refractivity contribution is 7.10. The molecule has 1 aromatic heterocycles. The van der Waals surface area contributed by atoms with Gasteiger partial charge in [-0.3, -0.25) is 4.79 Å². The second kappa shape index (κ2) is 7.42. The van der Waals surface area contributed by atoms with Crippen LogP contribution >= 0.6 is 11.3 Å². The van der Waals surface area contributed by atoms with Gasteiger partial charge in [0.25, 0.3) is 5.91 Å². The number of para-hydroxylation sites is 1. The van der Waals surface area contributed by atoms with Crippen molar-refractivity contribution in [3.8, 4) is 5.75 Å². The Bertz CT molecular complexity index is 608. The van der Waals surface area contributed by atoms with E-state index in [1.807, 2.05) is 48.7 Å². The molecule has 0 radical (unpaired) electrons. The normalized spacial score (nSPS) is 13.4. The molecule has 0 aliphatic heterocycles. The molecule has 1 unspecified atom stereocenters. The van der Waals surface area contributed by atoms with Gasteiger partial charge in [0.2, 0.25) is 0 Å². The van der Waals surface area contributed by atoms with Crippen molar-refractivity contribution in [3.05, 3.63) is 52.2 Å². The van der Waals surface area contributed by atoms with E-state index < -0.39 is 5.60 Å². The van der Waals surface area contributed by atoms with E-state index in [1.54, 1.807) is 6.92 Å². The van der Waals surface area contributed by atoms with Crippen molar-refractivity contribution in [2.75, 3.05) is 13.2 Å². The van der Waals surface area contributed by atoms with E-state index in [1.165, 1.54) is 11.3 Å². The molecule has 5 heteroatoms. The summed E-state index contributed by atoms with van der Waals surface area (Å²) in [6, 6.07) is 11.4. The minimum Gasteiger partial charge on any atom is -0.483 e. The van der Waals surface area contributed by atoms with Crippen LogP contribution in [0.15, 0.2) is 41.8 Å². The maximum absolute atomic E-state index is 11.9. The quantitative estimate of drug-likeness (QED) is 0.825. The summed E-state index contributed by atoms with van der Waals surface area (Å²) >= 11 is 1.46. The molecular formula is C17H21NO3S. The molecular weight excluding hydrogens is 298 g/mol. The van der Waals surface area contributed by atoms with Gasteiger partial charge in [0.1, 0.15) is 11.4 Å². The average Bonchev–Trinajstić information content (AvgIpc) is 3.06. The minimum absolute atomic E-state index is 0.0580. The Hall–Kier alpha value is -1.85. The summed E-state index contributed by atoms with van der Waals surface area (Å²) in [5.41, 5.74) is 0.00593. The smallest absolute Gasteiger partial charge is 0.258 e. The lowest BCUT2D eigenvalue weighted by atomic mass is 10.1. The number of carbonyl (C=O) groups excluding carboxylic acids is 1. The van der Waals surface area contributed by atoms with Crippen molar-refractivity contribution in [1.29, 1.82) is 0 Å². The lowest BCUT2D eigenvalue weighted by Crippen LogP contribution is -2.40. The molecule has 1 aromatic carbocycles. The van der Waals surface area contributed by atoms with Crippen LogP contribution in [0.4, 0.5) is 0 Å². The van der Waals surface area contributed by atoms with E-state index in [-0.39, 0.29) is 19.1 Å². The van der Waals surface area contributed by atoms with Crippen molar-refractivity contribution in [3.63, 3.8) is 0 Å². The van der Waals surface area contributed by atoms with Crippen LogP contribution in [0.5, 0.6) is 5.75 Å². The monoisotopic (exact) mass is 319 g/mol. The van der Waals surface area contributed by atoms with Gasteiger partial charge in [-0.15, -0.1) is 11.3 Å². The number of carbonyl (C=O) groups is 1. The highest BCUT2D eigenvalue weighted by Gasteiger charge is 2.24. The molecule has 0 aliphatic rings. The largest absolute Gasteiger partial charge is 0.483 e. The fraction of sp³-hybridized carbons (Fsp3) is 0.353. The summed E-state index contributed by atoms with van der Waals surface area (Å²) in [4.78, 5) is 12.7. The van der Waals surface area contributed by atoms with Crippen LogP contribution in [0, 0.1) is 0 Å². The summed E-state index contributed by atoms with van der Waals surface area (Å²) in [5.74, 6) is 0.480. The molecule has 0 saturated heterocycles. The first-order valence-electron chi connectivity index (χ1n) is 7.26. The Balaban J connectivity index is 1.83. The molecule has 1 heterocycles. The number of amides is 1. The zero-order chi connectivity index (χ0) is 16.0. The Labute approximate surface area is 134 Å². The molecule has 4 nitrogen and oxygen atoms in total. The predicted molar refractivity (Wildman–Crippen MR) is 88.2 cm³/mol. The van der Waals surface area contributed by atoms with E-state index in [0.717, 1.165) is 22.6 Å². The zero-order valence-corrected chi connectivity index (χ0v) is 13.7. The molecule has 0 aliphatic carbocycles. The number of aliphatic hydroxyl groups is 1. The molecule has 0 fully saturated rings. The van der Waals surface area contributed by atoms with Gasteiger partial charge < -0.3 is 15.2 Å². The van der Waals surface area contributed by atoms with Crippen molar-refractivity contribution in [2.45, 2.75) is 25.9 Å². The van der Waals surface area contributed by atoms with Crippen LogP contribution in [0.1, 0.15) is 24.3 Å². The molecule has 118 valence electrons. The summed E-state index contributed by atoms with van der Waals surface area (Å²) in [5, 5.41) is 15.0. The number of nitrogens with one attached hydrogen (secondary N) is 1. The summed E-state index contributed by atoms with van der Waals surface area (Å²) in [6.45, 7) is 3.83. The van der Waals surface area contributed by atoms with Crippen LogP contribution in [0.25, 0.3) is 0 Å². The van der Waals surface area contributed by atoms with Crippen molar-refractivity contribution >= 4 is 17.2 Å². The van der Waals surface area contributed by atoms with Gasteiger partial charge >= 0.3 is 0 Å². The first-order chi connectivity index (χ1) is 10.5. The van der Waals surface area contributed by atoms with Gasteiger partial charge in [-0.2, -0.15) is 0 Å². The second-order valence-corrected chi connectivity index (χ2v) is 6.23. The van der Waals surface area contributed by atoms with Gasteiger partial charge in [0, 0.05) is 4.88 Å². The predicted octanol–water partition coefficient (Wildman–Crippen LogP) is 2.71. The Kier molecular flexibility index (Phi) is 5.57. The number of thiophene rings is 1. The molecule has 0 bridgehead atoms. The highest BCUT2D eigenvalue weighted by atomic mass is 32.1. The molecule has 22 heavy (non-hydrogen) atoms. The van der Waals surface area contributed by atoms with Crippen molar-refractivity contribution < 1.29 is 14.6 Å². The maximum Gasteiger partial charge on any atom is 0.258 e. The number of hydrogen-bond acceptors (Lipinski definition) is 4. The van der Waals surface area contributed by atoms with Gasteiger partial charge in [-0.1, -0.05) is 31.2 Å². The average molecular weight is 319 g/mol. The third kappa shape index (κ3) is 4.32. The van der Waals surface area contributed by atoms with Crippen LogP contribution in [0.2, 0.25) is 0 Å². The van der Waals surface area contributed by atoms with Gasteiger partial charge in [0.15, 0.2) is 6.61 Å². The van der Waals surface area contributed by atoms with Gasteiger partial charge in [-0.25, -0.2) is 0 Å². The van der Waals surface area contributed by atoms with E-state index in [4.69, 9.17) is 4.74 Å². The lowest BCUT2D eigenvalue weighted by Gasteiger charge is -2.22. The number of hydrogen-bond donors (Lipinski definition) is 2. The Morgan fingerprint density at radius 2 is 2.09 bits per heavy atom. The first-order valence-corrected chi connectivity index (χ1v) is 8.14. The van der Waals surface area contributed by atoms with Crippen molar-refractivity contribution in [2.24, 2.45) is 0 Å². The van der Waals surface area contributed by atoms with E-state index in [0.29, 0.717) is 0 Å². The molecule has 2 N–H and O–H groups in total. The van der Waals surface area contributed by atoms with Crippen LogP contribution in [-0.2, 0) is 16.8 Å². The fourth-order valence-corrected chi connectivity index (χ4v) is 2.86. The molecule has 1 atom stereocenters. The molecule has 0 saturated carbocycles. The van der Waals surface area contributed by atoms with Crippen LogP contribution in [-0.4, -0.2) is 24.2 Å². The molecule has 1 amide bonds. The summed E-state index contributed by atoms with van der Waals surface area (Å²) in [6.07, 6.45) is 0.852. The standard InChI is InChI=1S/C17H21NO3S/c1-3-13-7-4-5-8-14(13)21-11-16(19)18-12-17(2,20)15-9-6-10-22-15/h4-10,20H,3,11-12H2,1-2H3,(H,18,19). The Morgan fingerprint density at radius 3 is 2.77 bits per heavy atom. The molecule has 2 aromatic rings. The first kappa shape index (κ1) is 16.5. The van der Waals surface area contributed by atoms with Crippen LogP contribution < -0.4 is 10.1 Å². The number of ether oxygens (including phenoxy) is 1. The lowest BCUT2D eigenvalue weighted by molar-refractivity contribution is -0.124. The topological polar surface area (TPSA) is 58.6 Å². The number of rotatable bonds is 7. The molecule has 2 rings (SSSR count). The summed E-state index contributed by atoms with van der Waals surface area (Å²) < 4.78 is 5.55.